The van der Waals surface area contributed by atoms with Crippen LogP contribution < -0.4 is 10.1 Å². The summed E-state index contributed by atoms with van der Waals surface area (Å²) in [7, 11) is 1.07. The van der Waals surface area contributed by atoms with Crippen molar-refractivity contribution in [3.63, 3.8) is 0 Å². The van der Waals surface area contributed by atoms with Gasteiger partial charge in [0.1, 0.15) is 11.3 Å². The maximum absolute atomic E-state index is 13.2. The highest BCUT2D eigenvalue weighted by Crippen LogP contribution is 2.65. The van der Waals surface area contributed by atoms with Crippen molar-refractivity contribution in [1.82, 2.24) is 25.5 Å². The molecule has 1 amide bonds. The maximum Gasteiger partial charge on any atom is 0.482 e. The SMILES string of the molecule is Cn1nnnc1SCC(=O)N[C@@H](Cc1cccc2c1OC(C)(C)OC2=O)B1O[C@@H]2C[C@@H]3C[C@@H](C3(C)C)[C@]2(C)O1. The molecule has 3 aliphatic carbocycles. The summed E-state index contributed by atoms with van der Waals surface area (Å²) in [6.07, 6.45) is 2.38. The minimum Gasteiger partial charge on any atom is -0.452 e. The van der Waals surface area contributed by atoms with Crippen LogP contribution in [-0.2, 0) is 32.3 Å². The molecule has 1 N–H and O–H groups in total. The third-order valence-corrected chi connectivity index (χ3v) is 10.0. The Morgan fingerprint density at radius 2 is 2.03 bits per heavy atom. The number of ether oxygens (including phenoxy) is 2. The number of tetrazole rings is 1. The number of para-hydroxylation sites is 1. The van der Waals surface area contributed by atoms with Crippen molar-refractivity contribution in [2.75, 3.05) is 5.75 Å². The smallest absolute Gasteiger partial charge is 0.452 e. The Balaban J connectivity index is 1.26. The zero-order chi connectivity index (χ0) is 27.7. The number of benzene rings is 1. The maximum atomic E-state index is 13.2. The van der Waals surface area contributed by atoms with E-state index in [2.05, 4.69) is 41.6 Å². The van der Waals surface area contributed by atoms with Crippen molar-refractivity contribution in [2.45, 2.75) is 82.5 Å². The molecule has 5 aliphatic rings. The van der Waals surface area contributed by atoms with Gasteiger partial charge in [-0.15, -0.1) is 5.10 Å². The predicted molar refractivity (Wildman–Crippen MR) is 142 cm³/mol. The van der Waals surface area contributed by atoms with Crippen LogP contribution in [0.1, 0.15) is 63.4 Å². The van der Waals surface area contributed by atoms with Crippen LogP contribution in [0, 0.1) is 17.3 Å². The molecule has 7 rings (SSSR count). The van der Waals surface area contributed by atoms with Crippen LogP contribution in [0.15, 0.2) is 23.4 Å². The van der Waals surface area contributed by atoms with Gasteiger partial charge in [-0.25, -0.2) is 9.48 Å². The fourth-order valence-electron chi connectivity index (χ4n) is 6.82. The number of amides is 1. The molecule has 1 saturated heterocycles. The minimum atomic E-state index is -1.10. The summed E-state index contributed by atoms with van der Waals surface area (Å²) in [6, 6.07) is 5.38. The molecule has 0 radical (unpaired) electrons. The van der Waals surface area contributed by atoms with E-state index in [4.69, 9.17) is 18.8 Å². The molecule has 39 heavy (non-hydrogen) atoms. The molecule has 1 aromatic heterocycles. The Hall–Kier alpha value is -2.64. The normalized spacial score (nSPS) is 30.4. The molecular weight excluding hydrogens is 521 g/mol. The summed E-state index contributed by atoms with van der Waals surface area (Å²) in [5, 5.41) is 15.1. The van der Waals surface area contributed by atoms with Gasteiger partial charge in [0.2, 0.25) is 16.9 Å². The highest BCUT2D eigenvalue weighted by atomic mass is 32.2. The molecular formula is C26H34BN5O6S. The molecule has 2 aliphatic heterocycles. The van der Waals surface area contributed by atoms with Gasteiger partial charge in [-0.2, -0.15) is 0 Å². The first kappa shape index (κ1) is 26.6. The van der Waals surface area contributed by atoms with E-state index in [1.165, 1.54) is 16.4 Å². The third-order valence-electron chi connectivity index (χ3n) is 9.00. The lowest BCUT2D eigenvalue weighted by atomic mass is 9.43. The van der Waals surface area contributed by atoms with E-state index in [1.807, 2.05) is 6.07 Å². The largest absolute Gasteiger partial charge is 0.482 e. The lowest BCUT2D eigenvalue weighted by Gasteiger charge is -2.64. The van der Waals surface area contributed by atoms with Crippen molar-refractivity contribution < 1.29 is 28.4 Å². The van der Waals surface area contributed by atoms with Gasteiger partial charge in [0.05, 0.1) is 23.4 Å². The first-order valence-electron chi connectivity index (χ1n) is 13.4. The average molecular weight is 555 g/mol. The minimum absolute atomic E-state index is 0.0346. The zero-order valence-corrected chi connectivity index (χ0v) is 23.9. The molecule has 1 aromatic carbocycles. The topological polar surface area (TPSA) is 127 Å². The number of hydrogen-bond acceptors (Lipinski definition) is 10. The van der Waals surface area contributed by atoms with Gasteiger partial charge >= 0.3 is 13.1 Å². The molecule has 13 heteroatoms. The monoisotopic (exact) mass is 555 g/mol. The van der Waals surface area contributed by atoms with E-state index in [0.29, 0.717) is 34.7 Å². The number of nitrogens with one attached hydrogen (secondary N) is 1. The summed E-state index contributed by atoms with van der Waals surface area (Å²) in [4.78, 5) is 25.9. The van der Waals surface area contributed by atoms with Crippen molar-refractivity contribution in [3.05, 3.63) is 29.3 Å². The fourth-order valence-corrected chi connectivity index (χ4v) is 7.48. The summed E-state index contributed by atoms with van der Waals surface area (Å²) < 4.78 is 26.3. The summed E-state index contributed by atoms with van der Waals surface area (Å²) >= 11 is 1.25. The number of nitrogens with zero attached hydrogens (tertiary/aromatic N) is 4. The van der Waals surface area contributed by atoms with Crippen LogP contribution in [-0.4, -0.2) is 68.4 Å². The fraction of sp³-hybridized carbons (Fsp3) is 0.654. The lowest BCUT2D eigenvalue weighted by Crippen LogP contribution is -2.65. The van der Waals surface area contributed by atoms with E-state index < -0.39 is 30.4 Å². The number of cyclic esters (lactones) is 1. The highest BCUT2D eigenvalue weighted by Gasteiger charge is 2.68. The Bertz CT molecular complexity index is 1320. The van der Waals surface area contributed by atoms with Gasteiger partial charge in [-0.1, -0.05) is 37.7 Å². The number of carbonyl (C=O) groups is 2. The van der Waals surface area contributed by atoms with Gasteiger partial charge in [0, 0.05) is 20.9 Å². The van der Waals surface area contributed by atoms with Crippen molar-refractivity contribution in [3.8, 4) is 5.75 Å². The van der Waals surface area contributed by atoms with Crippen LogP contribution >= 0.6 is 11.8 Å². The number of aryl methyl sites for hydroxylation is 1. The standard InChI is InChI=1S/C26H34BN5O6S/c1-24(2)15-11-17(24)26(5)18(12-15)37-27(38-26)19(28-20(33)13-39-23-29-30-31-32(23)6)10-14-8-7-9-16-21(14)35-25(3,4)36-22(16)34/h7-9,15,17-19H,10-13H2,1-6H3,(H,28,33)/t15-,17-,18+,19-,26-/m0/s1. The molecule has 208 valence electrons. The molecule has 5 atom stereocenters. The number of thioether (sulfide) groups is 1. The molecule has 4 fully saturated rings. The Kier molecular flexibility index (Phi) is 6.27. The summed E-state index contributed by atoms with van der Waals surface area (Å²) in [5.74, 6) is -0.681. The van der Waals surface area contributed by atoms with Crippen LogP contribution in [0.25, 0.3) is 0 Å². The number of carbonyl (C=O) groups excluding carboxylic acids is 2. The Labute approximate surface area is 232 Å². The summed E-state index contributed by atoms with van der Waals surface area (Å²) in [5.41, 5.74) is 0.897. The van der Waals surface area contributed by atoms with E-state index in [9.17, 15) is 9.59 Å². The second-order valence-electron chi connectivity index (χ2n) is 12.3. The first-order valence-corrected chi connectivity index (χ1v) is 14.4. The van der Waals surface area contributed by atoms with Gasteiger partial charge < -0.3 is 24.1 Å². The Morgan fingerprint density at radius 3 is 2.74 bits per heavy atom. The average Bonchev–Trinajstić information content (AvgIpc) is 3.43. The molecule has 11 nitrogen and oxygen atoms in total. The van der Waals surface area contributed by atoms with Gasteiger partial charge in [0.15, 0.2) is 0 Å². The highest BCUT2D eigenvalue weighted by molar-refractivity contribution is 7.99. The zero-order valence-electron chi connectivity index (χ0n) is 23.1. The van der Waals surface area contributed by atoms with Crippen LogP contribution in [0.2, 0.25) is 0 Å². The van der Waals surface area contributed by atoms with Gasteiger partial charge in [-0.3, -0.25) is 4.79 Å². The van der Waals surface area contributed by atoms with Crippen molar-refractivity contribution in [1.29, 1.82) is 0 Å². The second-order valence-corrected chi connectivity index (χ2v) is 13.2. The molecule has 2 aromatic rings. The summed E-state index contributed by atoms with van der Waals surface area (Å²) in [6.45, 7) is 10.2. The molecule has 3 saturated carbocycles. The quantitative estimate of drug-likeness (QED) is 0.310. The van der Waals surface area contributed by atoms with Crippen LogP contribution in [0.3, 0.4) is 0 Å². The lowest BCUT2D eigenvalue weighted by molar-refractivity contribution is -0.199. The molecule has 0 spiro atoms. The number of rotatable bonds is 7. The number of esters is 1. The predicted octanol–water partition coefficient (Wildman–Crippen LogP) is 2.58. The van der Waals surface area contributed by atoms with Gasteiger partial charge in [0.25, 0.3) is 0 Å². The van der Waals surface area contributed by atoms with E-state index in [0.717, 1.165) is 18.4 Å². The molecule has 3 heterocycles. The van der Waals surface area contributed by atoms with Crippen molar-refractivity contribution in [2.24, 2.45) is 24.3 Å². The van der Waals surface area contributed by atoms with Crippen LogP contribution in [0.4, 0.5) is 0 Å². The van der Waals surface area contributed by atoms with E-state index in [-0.39, 0.29) is 23.2 Å². The van der Waals surface area contributed by atoms with E-state index >= 15 is 0 Å². The second kappa shape index (κ2) is 9.20. The third kappa shape index (κ3) is 4.52. The number of fused-ring (bicyclic) bond motifs is 1. The molecule has 2 bridgehead atoms. The number of aromatic nitrogens is 4. The number of hydrogen-bond donors (Lipinski definition) is 1. The Morgan fingerprint density at radius 1 is 1.23 bits per heavy atom. The van der Waals surface area contributed by atoms with Gasteiger partial charge in [-0.05, 0) is 65.5 Å². The van der Waals surface area contributed by atoms with Crippen LogP contribution in [0.5, 0.6) is 5.75 Å². The van der Waals surface area contributed by atoms with Crippen molar-refractivity contribution >= 4 is 30.8 Å². The first-order chi connectivity index (χ1) is 18.4. The van der Waals surface area contributed by atoms with E-state index in [1.54, 1.807) is 33.0 Å². The molecule has 0 unspecified atom stereocenters.